The summed E-state index contributed by atoms with van der Waals surface area (Å²) < 4.78 is 0. The summed E-state index contributed by atoms with van der Waals surface area (Å²) in [6.45, 7) is 0. The normalized spacial score (nSPS) is 10.3. The van der Waals surface area contributed by atoms with Crippen LogP contribution in [0.15, 0.2) is 28.5 Å². The zero-order valence-electron chi connectivity index (χ0n) is 10.3. The first-order valence-electron chi connectivity index (χ1n) is 5.28. The summed E-state index contributed by atoms with van der Waals surface area (Å²) in [5.41, 5.74) is 2.41. The molecule has 2 heterocycles. The fourth-order valence-electron chi connectivity index (χ4n) is 1.17. The van der Waals surface area contributed by atoms with Crippen molar-refractivity contribution in [1.82, 2.24) is 19.9 Å². The van der Waals surface area contributed by atoms with Crippen LogP contribution in [-0.2, 0) is 0 Å². The van der Waals surface area contributed by atoms with Gasteiger partial charge in [0.15, 0.2) is 0 Å². The van der Waals surface area contributed by atoms with E-state index in [1.807, 2.05) is 14.1 Å². The lowest BCUT2D eigenvalue weighted by molar-refractivity contribution is 0.864. The summed E-state index contributed by atoms with van der Waals surface area (Å²) in [4.78, 5) is 18.5. The standard InChI is InChI=1S/C10H12ClN7S/c1-18(2)9-14-8(17-12)15-10(16-9)19-7-4-3-6(11)5-13-7/h3-5H,12H2,1-2H3,(H,14,15,16,17). The Bertz CT molecular complexity index is 560. The summed E-state index contributed by atoms with van der Waals surface area (Å²) in [7, 11) is 3.68. The van der Waals surface area contributed by atoms with E-state index in [4.69, 9.17) is 17.4 Å². The molecule has 0 atom stereocenters. The molecule has 2 aromatic rings. The molecule has 7 nitrogen and oxygen atoms in total. The van der Waals surface area contributed by atoms with Crippen molar-refractivity contribution in [2.45, 2.75) is 10.2 Å². The van der Waals surface area contributed by atoms with Crippen molar-refractivity contribution in [3.05, 3.63) is 23.4 Å². The molecular weight excluding hydrogens is 286 g/mol. The predicted molar refractivity (Wildman–Crippen MR) is 75.3 cm³/mol. The Hall–Kier alpha value is -1.64. The SMILES string of the molecule is CN(C)c1nc(NN)nc(Sc2ccc(Cl)cn2)n1. The first kappa shape index (κ1) is 13.8. The van der Waals surface area contributed by atoms with Gasteiger partial charge in [0, 0.05) is 20.3 Å². The molecular formula is C10H12ClN7S. The number of nitrogen functional groups attached to an aromatic ring is 1. The van der Waals surface area contributed by atoms with Gasteiger partial charge >= 0.3 is 0 Å². The van der Waals surface area contributed by atoms with E-state index in [1.165, 1.54) is 11.8 Å². The zero-order chi connectivity index (χ0) is 13.8. The molecule has 2 rings (SSSR count). The van der Waals surface area contributed by atoms with Gasteiger partial charge in [-0.15, -0.1) is 0 Å². The molecule has 0 radical (unpaired) electrons. The maximum Gasteiger partial charge on any atom is 0.242 e. The zero-order valence-corrected chi connectivity index (χ0v) is 11.9. The topological polar surface area (TPSA) is 92.9 Å². The molecule has 9 heteroatoms. The molecule has 0 aliphatic rings. The van der Waals surface area contributed by atoms with Gasteiger partial charge in [0.25, 0.3) is 0 Å². The number of rotatable bonds is 4. The molecule has 0 aliphatic heterocycles. The predicted octanol–water partition coefficient (Wildman–Crippen LogP) is 1.42. The van der Waals surface area contributed by atoms with Crippen LogP contribution >= 0.6 is 23.4 Å². The summed E-state index contributed by atoms with van der Waals surface area (Å²) in [6.07, 6.45) is 1.57. The van der Waals surface area contributed by atoms with Crippen molar-refractivity contribution in [2.24, 2.45) is 5.84 Å². The lowest BCUT2D eigenvalue weighted by atomic mass is 10.5. The highest BCUT2D eigenvalue weighted by atomic mass is 35.5. The number of hydrogen-bond donors (Lipinski definition) is 2. The number of pyridine rings is 1. The van der Waals surface area contributed by atoms with Crippen molar-refractivity contribution in [2.75, 3.05) is 24.4 Å². The van der Waals surface area contributed by atoms with Crippen molar-refractivity contribution in [3.8, 4) is 0 Å². The minimum Gasteiger partial charge on any atom is -0.347 e. The van der Waals surface area contributed by atoms with Crippen molar-refractivity contribution < 1.29 is 0 Å². The van der Waals surface area contributed by atoms with Crippen molar-refractivity contribution >= 4 is 35.3 Å². The van der Waals surface area contributed by atoms with E-state index in [9.17, 15) is 0 Å². The van der Waals surface area contributed by atoms with Crippen molar-refractivity contribution in [1.29, 1.82) is 0 Å². The molecule has 0 amide bonds. The minimum absolute atomic E-state index is 0.301. The first-order valence-corrected chi connectivity index (χ1v) is 6.47. The molecule has 0 fully saturated rings. The molecule has 0 spiro atoms. The van der Waals surface area contributed by atoms with E-state index in [2.05, 4.69) is 25.4 Å². The Kier molecular flexibility index (Phi) is 4.35. The molecule has 0 saturated carbocycles. The van der Waals surface area contributed by atoms with Crippen LogP contribution in [0.3, 0.4) is 0 Å². The van der Waals surface area contributed by atoms with Gasteiger partial charge in [-0.1, -0.05) is 11.6 Å². The highest BCUT2D eigenvalue weighted by Gasteiger charge is 2.09. The molecule has 0 unspecified atom stereocenters. The van der Waals surface area contributed by atoms with Crippen LogP contribution < -0.4 is 16.2 Å². The van der Waals surface area contributed by atoms with Crippen LogP contribution in [0.25, 0.3) is 0 Å². The van der Waals surface area contributed by atoms with Gasteiger partial charge in [-0.3, -0.25) is 5.43 Å². The van der Waals surface area contributed by atoms with Crippen LogP contribution in [0.2, 0.25) is 5.02 Å². The number of aromatic nitrogens is 4. The number of nitrogens with zero attached hydrogens (tertiary/aromatic N) is 5. The average molecular weight is 298 g/mol. The van der Waals surface area contributed by atoms with Gasteiger partial charge in [0.1, 0.15) is 5.03 Å². The third-order valence-corrected chi connectivity index (χ3v) is 3.07. The summed E-state index contributed by atoms with van der Waals surface area (Å²) in [6, 6.07) is 3.55. The lowest BCUT2D eigenvalue weighted by Crippen LogP contribution is -2.17. The van der Waals surface area contributed by atoms with Gasteiger partial charge in [0.2, 0.25) is 17.1 Å². The van der Waals surface area contributed by atoms with Gasteiger partial charge in [-0.25, -0.2) is 10.8 Å². The second-order valence-corrected chi connectivity index (χ2v) is 5.12. The molecule has 0 aliphatic carbocycles. The number of nitrogens with two attached hydrogens (primary N) is 1. The molecule has 100 valence electrons. The van der Waals surface area contributed by atoms with E-state index < -0.39 is 0 Å². The van der Waals surface area contributed by atoms with E-state index in [1.54, 1.807) is 23.2 Å². The van der Waals surface area contributed by atoms with Crippen LogP contribution in [0.5, 0.6) is 0 Å². The second kappa shape index (κ2) is 6.00. The van der Waals surface area contributed by atoms with Crippen LogP contribution in [-0.4, -0.2) is 34.0 Å². The Morgan fingerprint density at radius 1 is 1.26 bits per heavy atom. The molecule has 0 bridgehead atoms. The monoisotopic (exact) mass is 297 g/mol. The second-order valence-electron chi connectivity index (χ2n) is 3.70. The fraction of sp³-hybridized carbons (Fsp3) is 0.200. The third-order valence-electron chi connectivity index (χ3n) is 2.03. The summed E-state index contributed by atoms with van der Waals surface area (Å²) in [5, 5.41) is 1.82. The van der Waals surface area contributed by atoms with E-state index in [-0.39, 0.29) is 0 Å². The molecule has 19 heavy (non-hydrogen) atoms. The summed E-state index contributed by atoms with van der Waals surface area (Å²) >= 11 is 7.09. The molecule has 3 N–H and O–H groups in total. The van der Waals surface area contributed by atoms with Crippen LogP contribution in [0.1, 0.15) is 0 Å². The van der Waals surface area contributed by atoms with Gasteiger partial charge in [0.05, 0.1) is 5.02 Å². The van der Waals surface area contributed by atoms with E-state index >= 15 is 0 Å². The largest absolute Gasteiger partial charge is 0.347 e. The highest BCUT2D eigenvalue weighted by molar-refractivity contribution is 7.99. The number of anilines is 2. The first-order chi connectivity index (χ1) is 9.08. The summed E-state index contributed by atoms with van der Waals surface area (Å²) in [5.74, 6) is 6.15. The van der Waals surface area contributed by atoms with Gasteiger partial charge in [-0.2, -0.15) is 15.0 Å². The molecule has 0 aromatic carbocycles. The number of nitrogens with one attached hydrogen (secondary N) is 1. The Labute approximate surface area is 119 Å². The smallest absolute Gasteiger partial charge is 0.242 e. The fourth-order valence-corrected chi connectivity index (χ4v) is 1.97. The minimum atomic E-state index is 0.301. The lowest BCUT2D eigenvalue weighted by Gasteiger charge is -2.11. The van der Waals surface area contributed by atoms with Crippen LogP contribution in [0, 0.1) is 0 Å². The number of hydrogen-bond acceptors (Lipinski definition) is 8. The average Bonchev–Trinajstić information content (AvgIpc) is 2.41. The number of hydrazine groups is 1. The van der Waals surface area contributed by atoms with Gasteiger partial charge in [-0.05, 0) is 23.9 Å². The Morgan fingerprint density at radius 3 is 2.63 bits per heavy atom. The Balaban J connectivity index is 2.28. The van der Waals surface area contributed by atoms with Crippen molar-refractivity contribution in [3.63, 3.8) is 0 Å². The van der Waals surface area contributed by atoms with Crippen LogP contribution in [0.4, 0.5) is 11.9 Å². The maximum atomic E-state index is 5.78. The number of halogens is 1. The third kappa shape index (κ3) is 3.66. The highest BCUT2D eigenvalue weighted by Crippen LogP contribution is 2.25. The molecule has 2 aromatic heterocycles. The van der Waals surface area contributed by atoms with E-state index in [0.29, 0.717) is 22.1 Å². The quantitative estimate of drug-likeness (QED) is 0.646. The Morgan fingerprint density at radius 2 is 2.05 bits per heavy atom. The van der Waals surface area contributed by atoms with E-state index in [0.717, 1.165) is 5.03 Å². The maximum absolute atomic E-state index is 5.78. The van der Waals surface area contributed by atoms with Gasteiger partial charge < -0.3 is 4.90 Å². The molecule has 0 saturated heterocycles.